The summed E-state index contributed by atoms with van der Waals surface area (Å²) < 4.78 is 18.9. The largest absolute Gasteiger partial charge is 0.379 e. The van der Waals surface area contributed by atoms with E-state index < -0.39 is 0 Å². The summed E-state index contributed by atoms with van der Waals surface area (Å²) in [5.74, 6) is -0.316. The van der Waals surface area contributed by atoms with E-state index in [9.17, 15) is 9.18 Å². The lowest BCUT2D eigenvalue weighted by atomic mass is 9.80. The minimum absolute atomic E-state index is 0.00336. The molecule has 0 radical (unpaired) electrons. The molecule has 0 bridgehead atoms. The predicted molar refractivity (Wildman–Crippen MR) is 86.9 cm³/mol. The molecule has 1 aromatic carbocycles. The molecule has 1 aromatic rings. The average molecular weight is 320 g/mol. The normalized spacial score (nSPS) is 26.3. The van der Waals surface area contributed by atoms with Crippen molar-refractivity contribution in [1.29, 1.82) is 0 Å². The Morgan fingerprint density at radius 2 is 2.04 bits per heavy atom. The van der Waals surface area contributed by atoms with Gasteiger partial charge in [0.25, 0.3) is 5.91 Å². The molecule has 2 aliphatic rings. The molecule has 0 unspecified atom stereocenters. The molecule has 2 heterocycles. The van der Waals surface area contributed by atoms with Gasteiger partial charge in [0.2, 0.25) is 0 Å². The van der Waals surface area contributed by atoms with Crippen molar-refractivity contribution >= 4 is 5.91 Å². The first-order valence-electron chi connectivity index (χ1n) is 8.47. The number of hydrogen-bond donors (Lipinski definition) is 0. The van der Waals surface area contributed by atoms with E-state index in [-0.39, 0.29) is 17.1 Å². The quantitative estimate of drug-likeness (QED) is 0.839. The molecule has 0 aliphatic carbocycles. The minimum Gasteiger partial charge on any atom is -0.379 e. The van der Waals surface area contributed by atoms with Crippen LogP contribution in [0, 0.1) is 11.2 Å². The van der Waals surface area contributed by atoms with Crippen LogP contribution >= 0.6 is 0 Å². The summed E-state index contributed by atoms with van der Waals surface area (Å²) in [7, 11) is 0. The third-order valence-electron chi connectivity index (χ3n) is 5.01. The highest BCUT2D eigenvalue weighted by Crippen LogP contribution is 2.33. The monoisotopic (exact) mass is 320 g/mol. The van der Waals surface area contributed by atoms with Crippen molar-refractivity contribution in [2.45, 2.75) is 19.8 Å². The van der Waals surface area contributed by atoms with Crippen LogP contribution in [-0.4, -0.2) is 61.6 Å². The van der Waals surface area contributed by atoms with Crippen LogP contribution in [0.5, 0.6) is 0 Å². The van der Waals surface area contributed by atoms with Crippen LogP contribution in [0.1, 0.15) is 30.1 Å². The van der Waals surface area contributed by atoms with Crippen LogP contribution in [0.3, 0.4) is 0 Å². The Kier molecular flexibility index (Phi) is 4.97. The van der Waals surface area contributed by atoms with Gasteiger partial charge in [0, 0.05) is 37.2 Å². The van der Waals surface area contributed by atoms with Gasteiger partial charge in [-0.3, -0.25) is 4.79 Å². The van der Waals surface area contributed by atoms with Gasteiger partial charge < -0.3 is 14.5 Å². The Morgan fingerprint density at radius 3 is 2.78 bits per heavy atom. The molecule has 1 atom stereocenters. The third-order valence-corrected chi connectivity index (χ3v) is 5.01. The first kappa shape index (κ1) is 16.4. The van der Waals surface area contributed by atoms with Crippen molar-refractivity contribution in [3.05, 3.63) is 35.6 Å². The minimum atomic E-state index is -0.313. The Labute approximate surface area is 137 Å². The maximum absolute atomic E-state index is 13.1. The van der Waals surface area contributed by atoms with E-state index in [2.05, 4.69) is 11.8 Å². The number of halogens is 1. The molecule has 4 nitrogen and oxygen atoms in total. The van der Waals surface area contributed by atoms with Crippen molar-refractivity contribution in [3.8, 4) is 0 Å². The fraction of sp³-hybridized carbons (Fsp3) is 0.611. The van der Waals surface area contributed by atoms with Gasteiger partial charge in [-0.15, -0.1) is 0 Å². The highest BCUT2D eigenvalue weighted by Gasteiger charge is 2.40. The van der Waals surface area contributed by atoms with Gasteiger partial charge in [-0.1, -0.05) is 6.92 Å². The van der Waals surface area contributed by atoms with Crippen molar-refractivity contribution < 1.29 is 13.9 Å². The maximum atomic E-state index is 13.1. The van der Waals surface area contributed by atoms with Gasteiger partial charge in [-0.2, -0.15) is 0 Å². The van der Waals surface area contributed by atoms with E-state index in [1.807, 2.05) is 4.90 Å². The molecule has 3 rings (SSSR count). The number of amides is 1. The molecule has 2 fully saturated rings. The maximum Gasteiger partial charge on any atom is 0.253 e. The first-order chi connectivity index (χ1) is 11.1. The topological polar surface area (TPSA) is 32.8 Å². The molecular formula is C18H25FN2O2. The molecule has 5 heteroatoms. The Bertz CT molecular complexity index is 548. The van der Waals surface area contributed by atoms with Crippen LogP contribution in [0.15, 0.2) is 24.3 Å². The lowest BCUT2D eigenvalue weighted by Gasteiger charge is -2.43. The van der Waals surface area contributed by atoms with Crippen LogP contribution < -0.4 is 0 Å². The standard InChI is InChI=1S/C18H25FN2O2/c1-2-20-10-11-23-14-18(12-20)8-3-9-21(13-18)17(22)15-4-6-16(19)7-5-15/h4-7H,2-3,8-14H2,1H3/t18-/m0/s1. The van der Waals surface area contributed by atoms with Crippen molar-refractivity contribution in [3.63, 3.8) is 0 Å². The van der Waals surface area contributed by atoms with Gasteiger partial charge in [0.1, 0.15) is 5.82 Å². The molecule has 0 N–H and O–H groups in total. The van der Waals surface area contributed by atoms with Crippen LogP contribution in [0.25, 0.3) is 0 Å². The number of carbonyl (C=O) groups excluding carboxylic acids is 1. The number of ether oxygens (including phenoxy) is 1. The van der Waals surface area contributed by atoms with E-state index >= 15 is 0 Å². The molecule has 0 saturated carbocycles. The Morgan fingerprint density at radius 1 is 1.26 bits per heavy atom. The smallest absolute Gasteiger partial charge is 0.253 e. The summed E-state index contributed by atoms with van der Waals surface area (Å²) in [6.07, 6.45) is 2.09. The van der Waals surface area contributed by atoms with E-state index in [4.69, 9.17) is 4.74 Å². The Balaban J connectivity index is 1.74. The third kappa shape index (κ3) is 3.72. The number of likely N-dealkylation sites (tertiary alicyclic amines) is 1. The van der Waals surface area contributed by atoms with Crippen LogP contribution in [0.4, 0.5) is 4.39 Å². The van der Waals surface area contributed by atoms with Crippen LogP contribution in [0.2, 0.25) is 0 Å². The fourth-order valence-electron chi connectivity index (χ4n) is 3.75. The molecule has 1 spiro atoms. The first-order valence-corrected chi connectivity index (χ1v) is 8.47. The van der Waals surface area contributed by atoms with Gasteiger partial charge in [0.05, 0.1) is 13.2 Å². The van der Waals surface area contributed by atoms with Crippen molar-refractivity contribution in [2.75, 3.05) is 45.9 Å². The highest BCUT2D eigenvalue weighted by atomic mass is 19.1. The zero-order chi connectivity index (χ0) is 16.3. The molecule has 1 amide bonds. The summed E-state index contributed by atoms with van der Waals surface area (Å²) in [6.45, 7) is 8.10. The van der Waals surface area contributed by atoms with E-state index in [0.717, 1.165) is 58.8 Å². The molecule has 2 aliphatic heterocycles. The van der Waals surface area contributed by atoms with Gasteiger partial charge >= 0.3 is 0 Å². The van der Waals surface area contributed by atoms with Crippen molar-refractivity contribution in [2.24, 2.45) is 5.41 Å². The second-order valence-corrected chi connectivity index (χ2v) is 6.76. The van der Waals surface area contributed by atoms with Gasteiger partial charge in [0.15, 0.2) is 0 Å². The summed E-state index contributed by atoms with van der Waals surface area (Å²) in [6, 6.07) is 5.84. The second-order valence-electron chi connectivity index (χ2n) is 6.76. The lowest BCUT2D eigenvalue weighted by Crippen LogP contribution is -2.52. The van der Waals surface area contributed by atoms with Crippen molar-refractivity contribution in [1.82, 2.24) is 9.80 Å². The lowest BCUT2D eigenvalue weighted by molar-refractivity contribution is 0.00767. The number of piperidine rings is 1. The number of carbonyl (C=O) groups is 1. The zero-order valence-corrected chi connectivity index (χ0v) is 13.8. The number of benzene rings is 1. The van der Waals surface area contributed by atoms with Gasteiger partial charge in [-0.05, 0) is 43.7 Å². The number of likely N-dealkylation sites (N-methyl/N-ethyl adjacent to an activating group) is 1. The average Bonchev–Trinajstić information content (AvgIpc) is 2.77. The summed E-state index contributed by atoms with van der Waals surface area (Å²) in [4.78, 5) is 17.1. The summed E-state index contributed by atoms with van der Waals surface area (Å²) in [5.41, 5.74) is 0.589. The molecule has 2 saturated heterocycles. The summed E-state index contributed by atoms with van der Waals surface area (Å²) >= 11 is 0. The predicted octanol–water partition coefficient (Wildman–Crippen LogP) is 2.40. The van der Waals surface area contributed by atoms with E-state index in [1.54, 1.807) is 12.1 Å². The Hall–Kier alpha value is -1.46. The molecule has 0 aromatic heterocycles. The van der Waals surface area contributed by atoms with E-state index in [0.29, 0.717) is 5.56 Å². The van der Waals surface area contributed by atoms with E-state index in [1.165, 1.54) is 12.1 Å². The van der Waals surface area contributed by atoms with Crippen LogP contribution in [-0.2, 0) is 4.74 Å². The number of hydrogen-bond acceptors (Lipinski definition) is 3. The summed E-state index contributed by atoms with van der Waals surface area (Å²) in [5, 5.41) is 0. The van der Waals surface area contributed by atoms with Gasteiger partial charge in [-0.25, -0.2) is 4.39 Å². The SMILES string of the molecule is CCN1CCOC[C@@]2(CCCN(C(=O)c3ccc(F)cc3)C2)C1. The molecule has 126 valence electrons. The zero-order valence-electron chi connectivity index (χ0n) is 13.8. The number of nitrogens with zero attached hydrogens (tertiary/aromatic N) is 2. The fourth-order valence-corrected chi connectivity index (χ4v) is 3.75. The second kappa shape index (κ2) is 6.97. The number of rotatable bonds is 2. The molecule has 23 heavy (non-hydrogen) atoms. The molecular weight excluding hydrogens is 295 g/mol. The highest BCUT2D eigenvalue weighted by molar-refractivity contribution is 5.94.